The van der Waals surface area contributed by atoms with Crippen molar-refractivity contribution in [1.82, 2.24) is 4.90 Å². The second kappa shape index (κ2) is 5.48. The van der Waals surface area contributed by atoms with Crippen molar-refractivity contribution in [1.29, 1.82) is 0 Å². The molecular weight excluding hydrogens is 268 g/mol. The minimum absolute atomic E-state index is 0.000551. The van der Waals surface area contributed by atoms with Crippen molar-refractivity contribution in [2.45, 2.75) is 31.3 Å². The maximum atomic E-state index is 12.6. The molecule has 0 unspecified atom stereocenters. The largest absolute Gasteiger partial charge is 0.371 e. The van der Waals surface area contributed by atoms with E-state index in [0.717, 1.165) is 12.8 Å². The molecule has 2 amide bonds. The molecule has 5 nitrogen and oxygen atoms in total. The van der Waals surface area contributed by atoms with Crippen LogP contribution in [0.2, 0.25) is 0 Å². The van der Waals surface area contributed by atoms with Gasteiger partial charge in [0.25, 0.3) is 5.91 Å². The van der Waals surface area contributed by atoms with Gasteiger partial charge in [0.2, 0.25) is 5.91 Å². The lowest BCUT2D eigenvalue weighted by Gasteiger charge is -2.40. The van der Waals surface area contributed by atoms with Gasteiger partial charge in [-0.25, -0.2) is 0 Å². The normalized spacial score (nSPS) is 20.7. The van der Waals surface area contributed by atoms with E-state index in [1.165, 1.54) is 12.8 Å². The molecule has 0 aromatic heterocycles. The van der Waals surface area contributed by atoms with Crippen LogP contribution in [0.25, 0.3) is 0 Å². The topological polar surface area (TPSA) is 72.6 Å². The maximum Gasteiger partial charge on any atom is 0.254 e. The summed E-state index contributed by atoms with van der Waals surface area (Å²) in [6.45, 7) is 1.90. The van der Waals surface area contributed by atoms with Gasteiger partial charge in [-0.15, -0.1) is 0 Å². The van der Waals surface area contributed by atoms with Crippen LogP contribution in [0.15, 0.2) is 24.3 Å². The Bertz CT molecular complexity index is 547. The van der Waals surface area contributed by atoms with Gasteiger partial charge in [0.1, 0.15) is 0 Å². The number of ether oxygens (including phenoxy) is 1. The highest BCUT2D eigenvalue weighted by atomic mass is 16.5. The summed E-state index contributed by atoms with van der Waals surface area (Å²) in [7, 11) is 0. The van der Waals surface area contributed by atoms with Crippen LogP contribution in [-0.2, 0) is 4.74 Å². The van der Waals surface area contributed by atoms with E-state index in [4.69, 9.17) is 10.5 Å². The van der Waals surface area contributed by atoms with Crippen molar-refractivity contribution in [3.8, 4) is 0 Å². The monoisotopic (exact) mass is 288 g/mol. The zero-order valence-corrected chi connectivity index (χ0v) is 12.0. The highest BCUT2D eigenvalue weighted by Crippen LogP contribution is 2.36. The first kappa shape index (κ1) is 14.1. The van der Waals surface area contributed by atoms with E-state index in [0.29, 0.717) is 30.8 Å². The molecule has 2 N–H and O–H groups in total. The Morgan fingerprint density at radius 2 is 1.71 bits per heavy atom. The van der Waals surface area contributed by atoms with Crippen molar-refractivity contribution in [3.05, 3.63) is 35.4 Å². The van der Waals surface area contributed by atoms with Gasteiger partial charge in [-0.2, -0.15) is 0 Å². The Balaban J connectivity index is 1.73. The van der Waals surface area contributed by atoms with Crippen LogP contribution < -0.4 is 5.73 Å². The molecule has 0 radical (unpaired) electrons. The van der Waals surface area contributed by atoms with E-state index in [1.807, 2.05) is 4.90 Å². The number of primary amides is 1. The zero-order chi connectivity index (χ0) is 14.9. The van der Waals surface area contributed by atoms with E-state index in [-0.39, 0.29) is 11.5 Å². The molecule has 1 aliphatic heterocycles. The molecule has 0 bridgehead atoms. The van der Waals surface area contributed by atoms with Gasteiger partial charge in [-0.05, 0) is 37.1 Å². The van der Waals surface area contributed by atoms with Crippen molar-refractivity contribution >= 4 is 11.8 Å². The summed E-state index contributed by atoms with van der Waals surface area (Å²) in [5, 5.41) is 0. The third kappa shape index (κ3) is 2.78. The van der Waals surface area contributed by atoms with Gasteiger partial charge in [-0.1, -0.05) is 12.8 Å². The molecule has 1 heterocycles. The lowest BCUT2D eigenvalue weighted by molar-refractivity contribution is -0.0948. The molecular formula is C16H20N2O3. The first-order chi connectivity index (χ1) is 10.1. The van der Waals surface area contributed by atoms with Gasteiger partial charge in [0, 0.05) is 17.7 Å². The molecule has 112 valence electrons. The average molecular weight is 288 g/mol. The van der Waals surface area contributed by atoms with Gasteiger partial charge in [-0.3, -0.25) is 9.59 Å². The van der Waals surface area contributed by atoms with Crippen molar-refractivity contribution in [2.75, 3.05) is 19.7 Å². The van der Waals surface area contributed by atoms with Gasteiger partial charge in [0.05, 0.1) is 18.8 Å². The fourth-order valence-corrected chi connectivity index (χ4v) is 3.30. The standard InChI is InChI=1S/C16H20N2O3/c17-14(19)12-3-5-13(6-4-12)15(20)18-9-10-21-16(11-18)7-1-2-8-16/h3-6H,1-2,7-11H2,(H2,17,19). The van der Waals surface area contributed by atoms with E-state index in [1.54, 1.807) is 24.3 Å². The third-order valence-corrected chi connectivity index (χ3v) is 4.47. The van der Waals surface area contributed by atoms with Crippen molar-refractivity contribution in [3.63, 3.8) is 0 Å². The molecule has 2 fully saturated rings. The summed E-state index contributed by atoms with van der Waals surface area (Å²) < 4.78 is 5.94. The molecule has 1 aromatic carbocycles. The average Bonchev–Trinajstić information content (AvgIpc) is 2.94. The maximum absolute atomic E-state index is 12.6. The summed E-state index contributed by atoms with van der Waals surface area (Å²) in [5.74, 6) is -0.481. The highest BCUT2D eigenvalue weighted by molar-refractivity contribution is 5.97. The Kier molecular flexibility index (Phi) is 3.68. The molecule has 5 heteroatoms. The number of carbonyl (C=O) groups is 2. The van der Waals surface area contributed by atoms with Crippen molar-refractivity contribution in [2.24, 2.45) is 5.73 Å². The molecule has 3 rings (SSSR count). The van der Waals surface area contributed by atoms with Crippen LogP contribution in [0.3, 0.4) is 0 Å². The number of hydrogen-bond acceptors (Lipinski definition) is 3. The number of rotatable bonds is 2. The predicted molar refractivity (Wildman–Crippen MR) is 78.0 cm³/mol. The van der Waals surface area contributed by atoms with E-state index in [2.05, 4.69) is 0 Å². The second-order valence-corrected chi connectivity index (χ2v) is 5.91. The molecule has 2 aliphatic rings. The summed E-state index contributed by atoms with van der Waals surface area (Å²) in [4.78, 5) is 25.5. The highest BCUT2D eigenvalue weighted by Gasteiger charge is 2.40. The molecule has 1 aromatic rings. The van der Waals surface area contributed by atoms with Crippen molar-refractivity contribution < 1.29 is 14.3 Å². The van der Waals surface area contributed by atoms with E-state index in [9.17, 15) is 9.59 Å². The predicted octanol–water partition coefficient (Wildman–Crippen LogP) is 1.57. The summed E-state index contributed by atoms with van der Waals surface area (Å²) in [6, 6.07) is 6.53. The van der Waals surface area contributed by atoms with Crippen LogP contribution in [0.5, 0.6) is 0 Å². The molecule has 21 heavy (non-hydrogen) atoms. The molecule has 1 saturated carbocycles. The summed E-state index contributed by atoms with van der Waals surface area (Å²) in [5.41, 5.74) is 6.10. The van der Waals surface area contributed by atoms with Crippen LogP contribution in [-0.4, -0.2) is 42.0 Å². The second-order valence-electron chi connectivity index (χ2n) is 5.91. The molecule has 1 spiro atoms. The van der Waals surface area contributed by atoms with Crippen LogP contribution in [0, 0.1) is 0 Å². The number of benzene rings is 1. The van der Waals surface area contributed by atoms with Gasteiger partial charge in [0.15, 0.2) is 0 Å². The Labute approximate surface area is 124 Å². The number of amides is 2. The lowest BCUT2D eigenvalue weighted by Crippen LogP contribution is -2.52. The quantitative estimate of drug-likeness (QED) is 0.897. The van der Waals surface area contributed by atoms with Gasteiger partial charge >= 0.3 is 0 Å². The number of hydrogen-bond donors (Lipinski definition) is 1. The molecule has 0 atom stereocenters. The van der Waals surface area contributed by atoms with Crippen LogP contribution >= 0.6 is 0 Å². The number of nitrogens with two attached hydrogens (primary N) is 1. The number of nitrogens with zero attached hydrogens (tertiary/aromatic N) is 1. The molecule has 1 saturated heterocycles. The van der Waals surface area contributed by atoms with E-state index < -0.39 is 5.91 Å². The first-order valence-corrected chi connectivity index (χ1v) is 7.43. The van der Waals surface area contributed by atoms with E-state index >= 15 is 0 Å². The Morgan fingerprint density at radius 1 is 1.10 bits per heavy atom. The first-order valence-electron chi connectivity index (χ1n) is 7.43. The summed E-state index contributed by atoms with van der Waals surface area (Å²) >= 11 is 0. The SMILES string of the molecule is NC(=O)c1ccc(C(=O)N2CCOC3(CCCC3)C2)cc1. The fraction of sp³-hybridized carbons (Fsp3) is 0.500. The fourth-order valence-electron chi connectivity index (χ4n) is 3.30. The Hall–Kier alpha value is -1.88. The van der Waals surface area contributed by atoms with Gasteiger partial charge < -0.3 is 15.4 Å². The number of morpholine rings is 1. The smallest absolute Gasteiger partial charge is 0.254 e. The Morgan fingerprint density at radius 3 is 2.33 bits per heavy atom. The third-order valence-electron chi connectivity index (χ3n) is 4.47. The minimum Gasteiger partial charge on any atom is -0.371 e. The molecule has 1 aliphatic carbocycles. The van der Waals surface area contributed by atoms with Crippen LogP contribution in [0.4, 0.5) is 0 Å². The van der Waals surface area contributed by atoms with Crippen LogP contribution in [0.1, 0.15) is 46.4 Å². The minimum atomic E-state index is -0.481. The number of carbonyl (C=O) groups excluding carboxylic acids is 2. The zero-order valence-electron chi connectivity index (χ0n) is 12.0. The lowest BCUT2D eigenvalue weighted by atomic mass is 9.99. The summed E-state index contributed by atoms with van der Waals surface area (Å²) in [6.07, 6.45) is 4.43.